The van der Waals surface area contributed by atoms with E-state index in [4.69, 9.17) is 14.2 Å². The fourth-order valence-electron chi connectivity index (χ4n) is 3.50. The Labute approximate surface area is 172 Å². The SMILES string of the molecule is O=C(/C=C/c1ccc2c(c1)OCO2)N(CC1CCCO1)c1nc2ccccc2s1. The first-order valence-corrected chi connectivity index (χ1v) is 10.4. The van der Waals surface area contributed by atoms with E-state index in [1.54, 1.807) is 17.1 Å². The molecule has 2 aromatic carbocycles. The van der Waals surface area contributed by atoms with Gasteiger partial charge >= 0.3 is 0 Å². The van der Waals surface area contributed by atoms with Crippen LogP contribution in [0.2, 0.25) is 0 Å². The van der Waals surface area contributed by atoms with Crippen molar-refractivity contribution in [2.24, 2.45) is 0 Å². The van der Waals surface area contributed by atoms with E-state index >= 15 is 0 Å². The van der Waals surface area contributed by atoms with Gasteiger partial charge in [-0.15, -0.1) is 0 Å². The molecule has 1 fully saturated rings. The number of para-hydroxylation sites is 1. The summed E-state index contributed by atoms with van der Waals surface area (Å²) in [5.74, 6) is 1.31. The first-order chi connectivity index (χ1) is 14.3. The van der Waals surface area contributed by atoms with Crippen LogP contribution >= 0.6 is 11.3 Å². The van der Waals surface area contributed by atoms with Gasteiger partial charge in [0.2, 0.25) is 6.79 Å². The van der Waals surface area contributed by atoms with Crippen molar-refractivity contribution in [2.45, 2.75) is 18.9 Å². The average molecular weight is 408 g/mol. The quantitative estimate of drug-likeness (QED) is 0.591. The number of amides is 1. The second-order valence-corrected chi connectivity index (χ2v) is 8.00. The number of fused-ring (bicyclic) bond motifs is 2. The summed E-state index contributed by atoms with van der Waals surface area (Å²) >= 11 is 1.52. The number of hydrogen-bond acceptors (Lipinski definition) is 6. The van der Waals surface area contributed by atoms with Crippen molar-refractivity contribution in [1.29, 1.82) is 0 Å². The summed E-state index contributed by atoms with van der Waals surface area (Å²) in [6.45, 7) is 1.48. The molecule has 1 aromatic heterocycles. The van der Waals surface area contributed by atoms with Crippen molar-refractivity contribution in [2.75, 3.05) is 24.8 Å². The van der Waals surface area contributed by atoms with E-state index in [9.17, 15) is 4.79 Å². The number of hydrogen-bond donors (Lipinski definition) is 0. The number of rotatable bonds is 5. The van der Waals surface area contributed by atoms with Crippen LogP contribution in [0.25, 0.3) is 16.3 Å². The van der Waals surface area contributed by atoms with Gasteiger partial charge in [0.15, 0.2) is 16.6 Å². The smallest absolute Gasteiger partial charge is 0.252 e. The molecule has 0 spiro atoms. The molecule has 0 radical (unpaired) electrons. The van der Waals surface area contributed by atoms with Crippen LogP contribution in [-0.2, 0) is 9.53 Å². The van der Waals surface area contributed by atoms with Crippen LogP contribution in [0.5, 0.6) is 11.5 Å². The second kappa shape index (κ2) is 7.85. The Kier molecular flexibility index (Phi) is 4.91. The molecule has 1 unspecified atom stereocenters. The van der Waals surface area contributed by atoms with Crippen LogP contribution in [-0.4, -0.2) is 36.9 Å². The van der Waals surface area contributed by atoms with Crippen LogP contribution in [0.3, 0.4) is 0 Å². The van der Waals surface area contributed by atoms with Crippen LogP contribution in [0, 0.1) is 0 Å². The van der Waals surface area contributed by atoms with Gasteiger partial charge in [0.1, 0.15) is 0 Å². The Bertz CT molecular complexity index is 1040. The topological polar surface area (TPSA) is 60.9 Å². The second-order valence-electron chi connectivity index (χ2n) is 6.99. The number of anilines is 1. The van der Waals surface area contributed by atoms with Crippen molar-refractivity contribution in [3.05, 3.63) is 54.1 Å². The molecule has 1 amide bonds. The van der Waals surface area contributed by atoms with Gasteiger partial charge in [-0.25, -0.2) is 4.98 Å². The van der Waals surface area contributed by atoms with Gasteiger partial charge in [-0.3, -0.25) is 9.69 Å². The summed E-state index contributed by atoms with van der Waals surface area (Å²) in [6, 6.07) is 13.5. The van der Waals surface area contributed by atoms with Crippen molar-refractivity contribution in [3.8, 4) is 11.5 Å². The van der Waals surface area contributed by atoms with Gasteiger partial charge in [0, 0.05) is 12.7 Å². The third-order valence-electron chi connectivity index (χ3n) is 5.00. The Morgan fingerprint density at radius 2 is 2.10 bits per heavy atom. The van der Waals surface area contributed by atoms with E-state index in [1.165, 1.54) is 11.3 Å². The van der Waals surface area contributed by atoms with Crippen LogP contribution < -0.4 is 14.4 Å². The van der Waals surface area contributed by atoms with E-state index in [0.29, 0.717) is 17.4 Å². The first-order valence-electron chi connectivity index (χ1n) is 9.63. The maximum Gasteiger partial charge on any atom is 0.252 e. The Hall–Kier alpha value is -2.90. The highest BCUT2D eigenvalue weighted by atomic mass is 32.1. The zero-order valence-corrected chi connectivity index (χ0v) is 16.6. The molecule has 3 heterocycles. The molecule has 7 heteroatoms. The monoisotopic (exact) mass is 408 g/mol. The molecular weight excluding hydrogens is 388 g/mol. The highest BCUT2D eigenvalue weighted by molar-refractivity contribution is 7.22. The summed E-state index contributed by atoms with van der Waals surface area (Å²) in [7, 11) is 0. The summed E-state index contributed by atoms with van der Waals surface area (Å²) < 4.78 is 17.6. The van der Waals surface area contributed by atoms with Crippen molar-refractivity contribution >= 4 is 38.7 Å². The van der Waals surface area contributed by atoms with Crippen LogP contribution in [0.15, 0.2) is 48.5 Å². The summed E-state index contributed by atoms with van der Waals surface area (Å²) in [6.07, 6.45) is 5.41. The molecule has 0 N–H and O–H groups in total. The first kappa shape index (κ1) is 18.1. The molecule has 5 rings (SSSR count). The minimum Gasteiger partial charge on any atom is -0.454 e. The maximum absolute atomic E-state index is 13.1. The number of benzene rings is 2. The van der Waals surface area contributed by atoms with Crippen molar-refractivity contribution < 1.29 is 19.0 Å². The molecule has 3 aromatic rings. The predicted molar refractivity (Wildman–Crippen MR) is 113 cm³/mol. The van der Waals surface area contributed by atoms with Crippen LogP contribution in [0.1, 0.15) is 18.4 Å². The number of carbonyl (C=O) groups is 1. The average Bonchev–Trinajstić information content (AvgIpc) is 3.49. The summed E-state index contributed by atoms with van der Waals surface area (Å²) in [5, 5.41) is 0.696. The lowest BCUT2D eigenvalue weighted by molar-refractivity contribution is -0.114. The van der Waals surface area contributed by atoms with E-state index in [1.807, 2.05) is 42.5 Å². The number of carbonyl (C=O) groups excluding carboxylic acids is 1. The molecule has 1 saturated heterocycles. The molecule has 6 nitrogen and oxygen atoms in total. The third-order valence-corrected chi connectivity index (χ3v) is 6.06. The fourth-order valence-corrected chi connectivity index (χ4v) is 4.48. The minimum absolute atomic E-state index is 0.0462. The van der Waals surface area contributed by atoms with Gasteiger partial charge in [0.05, 0.1) is 22.9 Å². The predicted octanol–water partition coefficient (Wildman–Crippen LogP) is 4.25. The molecule has 2 aliphatic heterocycles. The highest BCUT2D eigenvalue weighted by Crippen LogP contribution is 2.33. The molecule has 29 heavy (non-hydrogen) atoms. The molecule has 2 aliphatic rings. The van der Waals surface area contributed by atoms with Crippen LogP contribution in [0.4, 0.5) is 5.13 Å². The molecular formula is C22H20N2O4S. The minimum atomic E-state index is -0.114. The largest absolute Gasteiger partial charge is 0.454 e. The highest BCUT2D eigenvalue weighted by Gasteiger charge is 2.25. The van der Waals surface area contributed by atoms with Gasteiger partial charge in [-0.1, -0.05) is 29.5 Å². The number of ether oxygens (including phenoxy) is 3. The Morgan fingerprint density at radius 1 is 1.21 bits per heavy atom. The maximum atomic E-state index is 13.1. The normalized spacial score (nSPS) is 18.0. The lowest BCUT2D eigenvalue weighted by Crippen LogP contribution is -2.36. The number of nitrogens with zero attached hydrogens (tertiary/aromatic N) is 2. The van der Waals surface area contributed by atoms with E-state index in [2.05, 4.69) is 4.98 Å². The summed E-state index contributed by atoms with van der Waals surface area (Å²) in [4.78, 5) is 19.5. The van der Waals surface area contributed by atoms with Gasteiger partial charge in [-0.05, 0) is 48.7 Å². The fraction of sp³-hybridized carbons (Fsp3) is 0.273. The lowest BCUT2D eigenvalue weighted by Gasteiger charge is -2.21. The summed E-state index contributed by atoms with van der Waals surface area (Å²) in [5.41, 5.74) is 1.78. The van der Waals surface area contributed by atoms with E-state index in [-0.39, 0.29) is 18.8 Å². The molecule has 0 aliphatic carbocycles. The molecule has 148 valence electrons. The molecule has 0 saturated carbocycles. The van der Waals surface area contributed by atoms with Gasteiger partial charge < -0.3 is 14.2 Å². The van der Waals surface area contributed by atoms with E-state index < -0.39 is 0 Å². The third kappa shape index (κ3) is 3.83. The Morgan fingerprint density at radius 3 is 2.97 bits per heavy atom. The van der Waals surface area contributed by atoms with Crippen molar-refractivity contribution in [1.82, 2.24) is 4.98 Å². The van der Waals surface area contributed by atoms with Gasteiger partial charge in [-0.2, -0.15) is 0 Å². The van der Waals surface area contributed by atoms with E-state index in [0.717, 1.165) is 41.0 Å². The van der Waals surface area contributed by atoms with Gasteiger partial charge in [0.25, 0.3) is 5.91 Å². The lowest BCUT2D eigenvalue weighted by atomic mass is 10.2. The molecule has 1 atom stereocenters. The molecule has 0 bridgehead atoms. The zero-order valence-electron chi connectivity index (χ0n) is 15.7. The zero-order chi connectivity index (χ0) is 19.6. The number of aromatic nitrogens is 1. The number of thiazole rings is 1. The standard InChI is InChI=1S/C22H20N2O4S/c25-21(10-8-15-7-9-18-19(12-15)28-14-27-18)24(13-16-4-3-11-26-16)22-23-17-5-1-2-6-20(17)29-22/h1-2,5-10,12,16H,3-4,11,13-14H2/b10-8+. The Balaban J connectivity index is 1.40. The van der Waals surface area contributed by atoms with Crippen molar-refractivity contribution in [3.63, 3.8) is 0 Å².